The topological polar surface area (TPSA) is 217 Å². The lowest BCUT2D eigenvalue weighted by Crippen LogP contribution is -2.60. The average molecular weight is 595 g/mol. The van der Waals surface area contributed by atoms with Crippen molar-refractivity contribution in [2.45, 2.75) is 30.7 Å². The Kier molecular flexibility index (Phi) is 8.34. The van der Waals surface area contributed by atoms with Crippen LogP contribution in [0.15, 0.2) is 76.0 Å². The third-order valence-electron chi connectivity index (χ3n) is 6.64. The Balaban J connectivity index is 1.54. The molecule has 43 heavy (non-hydrogen) atoms. The van der Waals surface area contributed by atoms with Gasteiger partial charge in [-0.2, -0.15) is 0 Å². The van der Waals surface area contributed by atoms with Crippen LogP contribution in [-0.2, 0) is 9.53 Å². The lowest BCUT2D eigenvalue weighted by molar-refractivity contribution is -0.277. The molecule has 224 valence electrons. The summed E-state index contributed by atoms with van der Waals surface area (Å²) in [6.45, 7) is -0.742. The first-order chi connectivity index (χ1) is 20.5. The van der Waals surface area contributed by atoms with E-state index in [9.17, 15) is 45.3 Å². The van der Waals surface area contributed by atoms with Gasteiger partial charge in [0.05, 0.1) is 6.61 Å². The van der Waals surface area contributed by atoms with Crippen LogP contribution in [0.2, 0.25) is 0 Å². The van der Waals surface area contributed by atoms with Gasteiger partial charge in [-0.25, -0.2) is 4.79 Å². The molecule has 1 aliphatic rings. The van der Waals surface area contributed by atoms with Gasteiger partial charge in [0.2, 0.25) is 17.5 Å². The zero-order chi connectivity index (χ0) is 30.8. The summed E-state index contributed by atoms with van der Waals surface area (Å²) >= 11 is 0. The van der Waals surface area contributed by atoms with Gasteiger partial charge in [0.25, 0.3) is 0 Å². The molecule has 0 saturated carbocycles. The third-order valence-corrected chi connectivity index (χ3v) is 6.64. The Labute approximate surface area is 242 Å². The van der Waals surface area contributed by atoms with E-state index < -0.39 is 60.2 Å². The second kappa shape index (κ2) is 12.1. The van der Waals surface area contributed by atoms with Crippen LogP contribution in [0.1, 0.15) is 5.56 Å². The number of esters is 1. The quantitative estimate of drug-likeness (QED) is 0.0915. The molecule has 1 aliphatic heterocycles. The lowest BCUT2D eigenvalue weighted by Gasteiger charge is -2.39. The van der Waals surface area contributed by atoms with Crippen molar-refractivity contribution in [3.05, 3.63) is 82.5 Å². The van der Waals surface area contributed by atoms with Crippen molar-refractivity contribution in [2.75, 3.05) is 6.61 Å². The molecule has 0 aliphatic carbocycles. The van der Waals surface area contributed by atoms with Crippen LogP contribution >= 0.6 is 0 Å². The van der Waals surface area contributed by atoms with E-state index >= 15 is 0 Å². The van der Waals surface area contributed by atoms with Crippen molar-refractivity contribution < 1.29 is 59.2 Å². The molecule has 13 heteroatoms. The summed E-state index contributed by atoms with van der Waals surface area (Å²) in [7, 11) is 0. The molecule has 13 nitrogen and oxygen atoms in total. The van der Waals surface area contributed by atoms with Crippen molar-refractivity contribution >= 4 is 23.0 Å². The van der Waals surface area contributed by atoms with Gasteiger partial charge in [-0.1, -0.05) is 12.1 Å². The Morgan fingerprint density at radius 2 is 1.53 bits per heavy atom. The molecule has 0 bridgehead atoms. The molecule has 5 rings (SSSR count). The number of benzene rings is 3. The zero-order valence-electron chi connectivity index (χ0n) is 22.1. The highest BCUT2D eigenvalue weighted by Gasteiger charge is 2.45. The van der Waals surface area contributed by atoms with Gasteiger partial charge in [-0.3, -0.25) is 4.79 Å². The molecule has 3 aromatic carbocycles. The first-order valence-corrected chi connectivity index (χ1v) is 12.8. The monoisotopic (exact) mass is 594 g/mol. The molecule has 7 N–H and O–H groups in total. The molecule has 2 heterocycles. The molecule has 0 radical (unpaired) electrons. The Bertz CT molecular complexity index is 1710. The Morgan fingerprint density at radius 3 is 2.19 bits per heavy atom. The summed E-state index contributed by atoms with van der Waals surface area (Å²) in [5.74, 6) is -2.50. The number of ether oxygens (including phenoxy) is 3. The number of phenols is 3. The second-order valence-corrected chi connectivity index (χ2v) is 9.61. The molecule has 1 aromatic heterocycles. The zero-order valence-corrected chi connectivity index (χ0v) is 22.1. The van der Waals surface area contributed by atoms with Crippen LogP contribution in [0.5, 0.6) is 28.7 Å². The van der Waals surface area contributed by atoms with Crippen LogP contribution in [0.4, 0.5) is 0 Å². The molecule has 1 saturated heterocycles. The van der Waals surface area contributed by atoms with Crippen molar-refractivity contribution in [1.29, 1.82) is 0 Å². The van der Waals surface area contributed by atoms with Gasteiger partial charge >= 0.3 is 5.97 Å². The number of aliphatic hydroxyl groups is 4. The number of aromatic hydroxyl groups is 3. The van der Waals surface area contributed by atoms with E-state index in [1.165, 1.54) is 48.5 Å². The van der Waals surface area contributed by atoms with Crippen molar-refractivity contribution in [3.63, 3.8) is 0 Å². The van der Waals surface area contributed by atoms with Crippen LogP contribution in [0, 0.1) is 0 Å². The maximum absolute atomic E-state index is 13.7. The van der Waals surface area contributed by atoms with E-state index in [-0.39, 0.29) is 39.5 Å². The van der Waals surface area contributed by atoms with E-state index in [1.54, 1.807) is 12.1 Å². The van der Waals surface area contributed by atoms with Gasteiger partial charge in [0, 0.05) is 23.8 Å². The second-order valence-electron chi connectivity index (χ2n) is 9.61. The smallest absolute Gasteiger partial charge is 0.336 e. The number of aliphatic hydroxyl groups excluding tert-OH is 4. The summed E-state index contributed by atoms with van der Waals surface area (Å²) < 4.78 is 22.2. The molecule has 5 atom stereocenters. The molecular weight excluding hydrogens is 568 g/mol. The fraction of sp³-hybridized carbons (Fsp3) is 0.200. The Morgan fingerprint density at radius 1 is 0.884 bits per heavy atom. The fourth-order valence-electron chi connectivity index (χ4n) is 4.41. The highest BCUT2D eigenvalue weighted by molar-refractivity contribution is 5.91. The SMILES string of the molecule is O=C(C=Cc1ccc(O)cc1)Oc1cc(O)c2c(=O)c(O[C@@H]3O[C@H](CO)[C@@H](O)[C@H](O)[C@H]3O)c(-c3ccc(O)cc3)oc2c1. The maximum Gasteiger partial charge on any atom is 0.336 e. The number of hydrogen-bond donors (Lipinski definition) is 7. The number of fused-ring (bicyclic) bond motifs is 1. The summed E-state index contributed by atoms with van der Waals surface area (Å²) in [5.41, 5.74) is -0.355. The van der Waals surface area contributed by atoms with E-state index in [0.717, 1.165) is 12.1 Å². The molecule has 4 aromatic rings. The summed E-state index contributed by atoms with van der Waals surface area (Å²) in [4.78, 5) is 26.1. The molecular formula is C30H26O13. The van der Waals surface area contributed by atoms with E-state index in [4.69, 9.17) is 18.6 Å². The van der Waals surface area contributed by atoms with E-state index in [2.05, 4.69) is 0 Å². The average Bonchev–Trinajstić information content (AvgIpc) is 2.98. The first-order valence-electron chi connectivity index (χ1n) is 12.8. The first kappa shape index (κ1) is 29.6. The fourth-order valence-corrected chi connectivity index (χ4v) is 4.41. The van der Waals surface area contributed by atoms with Crippen molar-refractivity contribution in [2.24, 2.45) is 0 Å². The lowest BCUT2D eigenvalue weighted by atomic mass is 9.99. The maximum atomic E-state index is 13.7. The van der Waals surface area contributed by atoms with Crippen LogP contribution in [-0.4, -0.2) is 79.0 Å². The summed E-state index contributed by atoms with van der Waals surface area (Å²) in [5, 5.41) is 69.7. The predicted octanol–water partition coefficient (Wildman–Crippen LogP) is 1.37. The molecule has 0 spiro atoms. The summed E-state index contributed by atoms with van der Waals surface area (Å²) in [6.07, 6.45) is -5.86. The number of carbonyl (C=O) groups is 1. The minimum atomic E-state index is -1.86. The minimum Gasteiger partial charge on any atom is -0.508 e. The number of rotatable bonds is 7. The van der Waals surface area contributed by atoms with Gasteiger partial charge in [0.1, 0.15) is 58.4 Å². The molecule has 0 amide bonds. The van der Waals surface area contributed by atoms with Gasteiger partial charge in [-0.15, -0.1) is 0 Å². The highest BCUT2D eigenvalue weighted by Crippen LogP contribution is 2.37. The van der Waals surface area contributed by atoms with Crippen molar-refractivity contribution in [1.82, 2.24) is 0 Å². The van der Waals surface area contributed by atoms with E-state index in [1.807, 2.05) is 0 Å². The highest BCUT2D eigenvalue weighted by atomic mass is 16.7. The minimum absolute atomic E-state index is 0.0567. The standard InChI is InChI=1S/C30H26O13/c31-13-21-24(36)26(38)27(39)30(42-21)43-29-25(37)23-19(34)11-18(40-22(35)10-3-14-1-6-16(32)7-2-14)12-20(23)41-28(29)15-4-8-17(33)9-5-15/h1-12,21,24,26-27,30-34,36,38-39H,13H2/t21-,24-,26+,27-,30+/m1/s1. The van der Waals surface area contributed by atoms with Gasteiger partial charge in [-0.05, 0) is 48.0 Å². The predicted molar refractivity (Wildman–Crippen MR) is 148 cm³/mol. The van der Waals surface area contributed by atoms with Crippen LogP contribution in [0.3, 0.4) is 0 Å². The van der Waals surface area contributed by atoms with Crippen LogP contribution < -0.4 is 14.9 Å². The molecule has 1 fully saturated rings. The number of carbonyl (C=O) groups excluding carboxylic acids is 1. The van der Waals surface area contributed by atoms with Gasteiger partial charge in [0.15, 0.2) is 5.76 Å². The normalized spacial score (nSPS) is 22.1. The summed E-state index contributed by atoms with van der Waals surface area (Å²) in [6, 6.07) is 13.6. The number of hydrogen-bond acceptors (Lipinski definition) is 13. The van der Waals surface area contributed by atoms with E-state index in [0.29, 0.717) is 5.56 Å². The number of phenolic OH excluding ortho intramolecular Hbond substituents is 3. The Hall–Kier alpha value is -4.92. The van der Waals surface area contributed by atoms with Crippen LogP contribution in [0.25, 0.3) is 28.4 Å². The third kappa shape index (κ3) is 6.16. The molecule has 0 unspecified atom stereocenters. The van der Waals surface area contributed by atoms with Crippen molar-refractivity contribution in [3.8, 4) is 40.1 Å². The van der Waals surface area contributed by atoms with Gasteiger partial charge < -0.3 is 54.4 Å². The largest absolute Gasteiger partial charge is 0.508 e.